The van der Waals surface area contributed by atoms with Crippen molar-refractivity contribution in [1.29, 1.82) is 0 Å². The number of sulfone groups is 1. The number of fused-ring (bicyclic) bond motifs is 1. The van der Waals surface area contributed by atoms with Crippen molar-refractivity contribution < 1.29 is 13.2 Å². The molecule has 0 aliphatic rings. The number of halogens is 1. The van der Waals surface area contributed by atoms with Gasteiger partial charge in [-0.15, -0.1) is 0 Å². The SMILES string of the molecule is COc1ccc(S(=O)(=O)Cc2cnc3ccccc3c2)cc1Cl. The monoisotopic (exact) mass is 347 g/mol. The lowest BCUT2D eigenvalue weighted by Gasteiger charge is -2.08. The van der Waals surface area contributed by atoms with Crippen LogP contribution in [0.4, 0.5) is 0 Å². The fraction of sp³-hybridized carbons (Fsp3) is 0.118. The maximum atomic E-state index is 12.6. The predicted octanol–water partition coefficient (Wildman–Crippen LogP) is 3.87. The lowest BCUT2D eigenvalue weighted by Crippen LogP contribution is -2.05. The highest BCUT2D eigenvalue weighted by atomic mass is 35.5. The topological polar surface area (TPSA) is 56.3 Å². The fourth-order valence-corrected chi connectivity index (χ4v) is 4.00. The van der Waals surface area contributed by atoms with E-state index >= 15 is 0 Å². The first-order valence-electron chi connectivity index (χ1n) is 6.89. The lowest BCUT2D eigenvalue weighted by atomic mass is 10.2. The Morgan fingerprint density at radius 3 is 2.65 bits per heavy atom. The van der Waals surface area contributed by atoms with Crippen LogP contribution in [0.2, 0.25) is 5.02 Å². The van der Waals surface area contributed by atoms with Crippen molar-refractivity contribution in [2.24, 2.45) is 0 Å². The van der Waals surface area contributed by atoms with Crippen LogP contribution < -0.4 is 4.74 Å². The second-order valence-electron chi connectivity index (χ2n) is 5.09. The average Bonchev–Trinajstić information content (AvgIpc) is 2.54. The molecule has 0 N–H and O–H groups in total. The van der Waals surface area contributed by atoms with Crippen LogP contribution in [-0.4, -0.2) is 20.5 Å². The molecule has 1 aromatic heterocycles. The molecule has 0 atom stereocenters. The zero-order chi connectivity index (χ0) is 16.4. The van der Waals surface area contributed by atoms with E-state index in [-0.39, 0.29) is 15.7 Å². The van der Waals surface area contributed by atoms with Crippen molar-refractivity contribution in [3.63, 3.8) is 0 Å². The normalized spacial score (nSPS) is 11.6. The zero-order valence-corrected chi connectivity index (χ0v) is 13.9. The Morgan fingerprint density at radius 1 is 1.13 bits per heavy atom. The molecule has 0 amide bonds. The summed E-state index contributed by atoms with van der Waals surface area (Å²) in [6, 6.07) is 13.9. The van der Waals surface area contributed by atoms with Crippen molar-refractivity contribution in [3.8, 4) is 5.75 Å². The standard InChI is InChI=1S/C17H14ClNO3S/c1-22-17-7-6-14(9-15(17)18)23(20,21)11-12-8-13-4-2-3-5-16(13)19-10-12/h2-10H,11H2,1H3. The molecular formula is C17H14ClNO3S. The molecule has 0 radical (unpaired) electrons. The van der Waals surface area contributed by atoms with Gasteiger partial charge in [-0.1, -0.05) is 29.8 Å². The molecule has 1 heterocycles. The maximum Gasteiger partial charge on any atom is 0.182 e. The molecular weight excluding hydrogens is 334 g/mol. The van der Waals surface area contributed by atoms with Gasteiger partial charge in [-0.2, -0.15) is 0 Å². The molecule has 0 saturated carbocycles. The lowest BCUT2D eigenvalue weighted by molar-refractivity contribution is 0.414. The number of hydrogen-bond acceptors (Lipinski definition) is 4. The van der Waals surface area contributed by atoms with E-state index in [4.69, 9.17) is 16.3 Å². The highest BCUT2D eigenvalue weighted by Gasteiger charge is 2.17. The van der Waals surface area contributed by atoms with Gasteiger partial charge in [-0.3, -0.25) is 4.98 Å². The van der Waals surface area contributed by atoms with Crippen LogP contribution in [0.5, 0.6) is 5.75 Å². The van der Waals surface area contributed by atoms with Crippen LogP contribution in [0.3, 0.4) is 0 Å². The van der Waals surface area contributed by atoms with Crippen molar-refractivity contribution in [2.75, 3.05) is 7.11 Å². The van der Waals surface area contributed by atoms with Gasteiger partial charge in [-0.05, 0) is 35.9 Å². The van der Waals surface area contributed by atoms with Gasteiger partial charge in [0.1, 0.15) is 5.75 Å². The predicted molar refractivity (Wildman–Crippen MR) is 90.6 cm³/mol. The van der Waals surface area contributed by atoms with E-state index in [1.165, 1.54) is 19.2 Å². The number of methoxy groups -OCH3 is 1. The summed E-state index contributed by atoms with van der Waals surface area (Å²) in [6.07, 6.45) is 1.59. The van der Waals surface area contributed by atoms with Crippen LogP contribution in [0.25, 0.3) is 10.9 Å². The van der Waals surface area contributed by atoms with Crippen molar-refractivity contribution >= 4 is 32.3 Å². The first-order chi connectivity index (χ1) is 11.0. The van der Waals surface area contributed by atoms with E-state index in [0.717, 1.165) is 10.9 Å². The molecule has 2 aromatic carbocycles. The van der Waals surface area contributed by atoms with Crippen LogP contribution in [0.1, 0.15) is 5.56 Å². The third-order valence-electron chi connectivity index (χ3n) is 3.49. The Hall–Kier alpha value is -2.11. The molecule has 0 unspecified atom stereocenters. The highest BCUT2D eigenvalue weighted by Crippen LogP contribution is 2.28. The average molecular weight is 348 g/mol. The Labute approximate surface area is 139 Å². The number of pyridine rings is 1. The molecule has 0 saturated heterocycles. The van der Waals surface area contributed by atoms with Crippen LogP contribution >= 0.6 is 11.6 Å². The fourth-order valence-electron chi connectivity index (χ4n) is 2.34. The minimum absolute atomic E-state index is 0.131. The van der Waals surface area contributed by atoms with E-state index in [1.807, 2.05) is 30.3 Å². The summed E-state index contributed by atoms with van der Waals surface area (Å²) in [7, 11) is -2.03. The minimum atomic E-state index is -3.51. The molecule has 0 fully saturated rings. The van der Waals surface area contributed by atoms with Gasteiger partial charge in [0, 0.05) is 11.6 Å². The highest BCUT2D eigenvalue weighted by molar-refractivity contribution is 7.90. The van der Waals surface area contributed by atoms with Gasteiger partial charge >= 0.3 is 0 Å². The molecule has 118 valence electrons. The third kappa shape index (κ3) is 3.30. The molecule has 0 bridgehead atoms. The first-order valence-corrected chi connectivity index (χ1v) is 8.92. The molecule has 3 rings (SSSR count). The summed E-state index contributed by atoms with van der Waals surface area (Å²) in [5.41, 5.74) is 1.47. The van der Waals surface area contributed by atoms with Crippen molar-refractivity contribution in [2.45, 2.75) is 10.6 Å². The summed E-state index contributed by atoms with van der Waals surface area (Å²) < 4.78 is 30.2. The summed E-state index contributed by atoms with van der Waals surface area (Å²) in [5, 5.41) is 1.18. The number of benzene rings is 2. The van der Waals surface area contributed by atoms with Crippen LogP contribution in [0, 0.1) is 0 Å². The van der Waals surface area contributed by atoms with E-state index in [0.29, 0.717) is 11.3 Å². The van der Waals surface area contributed by atoms with Gasteiger partial charge in [0.15, 0.2) is 9.84 Å². The van der Waals surface area contributed by atoms with Crippen molar-refractivity contribution in [1.82, 2.24) is 4.98 Å². The Bertz CT molecular complexity index is 970. The Kier molecular flexibility index (Phi) is 4.24. The first kappa shape index (κ1) is 15.8. The van der Waals surface area contributed by atoms with Gasteiger partial charge in [0.2, 0.25) is 0 Å². The summed E-state index contributed by atoms with van der Waals surface area (Å²) in [6.45, 7) is 0. The largest absolute Gasteiger partial charge is 0.495 e. The van der Waals surface area contributed by atoms with E-state index in [9.17, 15) is 8.42 Å². The summed E-state index contributed by atoms with van der Waals surface area (Å²) in [5.74, 6) is 0.311. The Balaban J connectivity index is 1.94. The number of nitrogens with zero attached hydrogens (tertiary/aromatic N) is 1. The van der Waals surface area contributed by atoms with Crippen molar-refractivity contribution in [3.05, 3.63) is 65.3 Å². The Morgan fingerprint density at radius 2 is 1.91 bits per heavy atom. The molecule has 23 heavy (non-hydrogen) atoms. The minimum Gasteiger partial charge on any atom is -0.495 e. The zero-order valence-electron chi connectivity index (χ0n) is 12.4. The van der Waals surface area contributed by atoms with Gasteiger partial charge in [0.05, 0.1) is 28.3 Å². The molecule has 0 aliphatic carbocycles. The van der Waals surface area contributed by atoms with Gasteiger partial charge < -0.3 is 4.74 Å². The van der Waals surface area contributed by atoms with E-state index < -0.39 is 9.84 Å². The summed E-state index contributed by atoms with van der Waals surface area (Å²) >= 11 is 6.01. The van der Waals surface area contributed by atoms with Crippen LogP contribution in [-0.2, 0) is 15.6 Å². The molecule has 6 heteroatoms. The smallest absolute Gasteiger partial charge is 0.182 e. The van der Waals surface area contributed by atoms with Crippen LogP contribution in [0.15, 0.2) is 59.6 Å². The summed E-state index contributed by atoms with van der Waals surface area (Å²) in [4.78, 5) is 4.46. The second-order valence-corrected chi connectivity index (χ2v) is 7.49. The molecule has 0 aliphatic heterocycles. The van der Waals surface area contributed by atoms with Gasteiger partial charge in [-0.25, -0.2) is 8.42 Å². The molecule has 0 spiro atoms. The number of hydrogen-bond donors (Lipinski definition) is 0. The number of aromatic nitrogens is 1. The molecule has 4 nitrogen and oxygen atoms in total. The van der Waals surface area contributed by atoms with E-state index in [1.54, 1.807) is 12.3 Å². The second kappa shape index (κ2) is 6.18. The quantitative estimate of drug-likeness (QED) is 0.719. The van der Waals surface area contributed by atoms with Gasteiger partial charge in [0.25, 0.3) is 0 Å². The third-order valence-corrected chi connectivity index (χ3v) is 5.47. The van der Waals surface area contributed by atoms with E-state index in [2.05, 4.69) is 4.98 Å². The number of ether oxygens (including phenoxy) is 1. The number of rotatable bonds is 4. The maximum absolute atomic E-state index is 12.6. The number of para-hydroxylation sites is 1. The molecule has 3 aromatic rings.